The zero-order chi connectivity index (χ0) is 29.0. The molecule has 2 aliphatic rings. The molecule has 0 bridgehead atoms. The minimum atomic E-state index is 0.268. The molecule has 2 atom stereocenters. The van der Waals surface area contributed by atoms with Gasteiger partial charge in [0.05, 0.1) is 34.2 Å². The van der Waals surface area contributed by atoms with Crippen molar-refractivity contribution < 1.29 is 0 Å². The van der Waals surface area contributed by atoms with Crippen molar-refractivity contribution in [2.45, 2.75) is 12.0 Å². The average molecular weight is 565 g/mol. The van der Waals surface area contributed by atoms with E-state index in [9.17, 15) is 0 Å². The van der Waals surface area contributed by atoms with Crippen LogP contribution in [-0.2, 0) is 0 Å². The molecule has 0 saturated heterocycles. The first-order chi connectivity index (χ1) is 21.8. The van der Waals surface area contributed by atoms with Gasteiger partial charge in [0.1, 0.15) is 0 Å². The van der Waals surface area contributed by atoms with Gasteiger partial charge in [-0.25, -0.2) is 9.97 Å². The Hall–Kier alpha value is -5.74. The summed E-state index contributed by atoms with van der Waals surface area (Å²) in [6, 6.07) is 45.0. The molecule has 2 unspecified atom stereocenters. The lowest BCUT2D eigenvalue weighted by atomic mass is 9.91. The lowest BCUT2D eigenvalue weighted by Gasteiger charge is -2.15. The summed E-state index contributed by atoms with van der Waals surface area (Å²) >= 11 is 0. The molecule has 4 heteroatoms. The zero-order valence-electron chi connectivity index (χ0n) is 23.9. The van der Waals surface area contributed by atoms with Crippen LogP contribution in [0.15, 0.2) is 152 Å². The lowest BCUT2D eigenvalue weighted by Crippen LogP contribution is -2.17. The quantitative estimate of drug-likeness (QED) is 0.231. The van der Waals surface area contributed by atoms with E-state index in [1.54, 1.807) is 0 Å². The molecule has 1 N–H and O–H groups in total. The van der Waals surface area contributed by atoms with Gasteiger partial charge in [-0.2, -0.15) is 0 Å². The molecule has 0 saturated carbocycles. The van der Waals surface area contributed by atoms with E-state index in [0.29, 0.717) is 11.7 Å². The second-order valence-electron chi connectivity index (χ2n) is 11.5. The third kappa shape index (κ3) is 3.92. The van der Waals surface area contributed by atoms with Crippen LogP contribution in [0.1, 0.15) is 11.5 Å². The highest BCUT2D eigenvalue weighted by Gasteiger charge is 2.32. The summed E-state index contributed by atoms with van der Waals surface area (Å²) in [5, 5.41) is 6.35. The van der Waals surface area contributed by atoms with Gasteiger partial charge in [0, 0.05) is 39.1 Å². The first-order valence-electron chi connectivity index (χ1n) is 15.1. The largest absolute Gasteiger partial charge is 0.376 e. The van der Waals surface area contributed by atoms with Crippen LogP contribution in [0.25, 0.3) is 61.4 Å². The van der Waals surface area contributed by atoms with Gasteiger partial charge >= 0.3 is 0 Å². The smallest absolute Gasteiger partial charge is 0.160 e. The average Bonchev–Trinajstić information content (AvgIpc) is 3.65. The fraction of sp³-hybridized carbons (Fsp3) is 0.0500. The Labute approximate surface area is 255 Å². The first kappa shape index (κ1) is 24.8. The van der Waals surface area contributed by atoms with Gasteiger partial charge < -0.3 is 9.88 Å². The number of nitrogens with one attached hydrogen (secondary N) is 1. The maximum Gasteiger partial charge on any atom is 0.160 e. The van der Waals surface area contributed by atoms with E-state index in [1.807, 2.05) is 12.1 Å². The number of aromatic nitrogens is 3. The Bertz CT molecular complexity index is 2200. The van der Waals surface area contributed by atoms with E-state index in [-0.39, 0.29) is 6.04 Å². The fourth-order valence-corrected chi connectivity index (χ4v) is 6.85. The highest BCUT2D eigenvalue weighted by atomic mass is 15.0. The van der Waals surface area contributed by atoms with Crippen LogP contribution in [0, 0.1) is 0 Å². The Morgan fingerprint density at radius 2 is 1.25 bits per heavy atom. The van der Waals surface area contributed by atoms with E-state index < -0.39 is 0 Å². The van der Waals surface area contributed by atoms with Crippen LogP contribution in [0.3, 0.4) is 0 Å². The summed E-state index contributed by atoms with van der Waals surface area (Å²) < 4.78 is 2.41. The molecule has 9 rings (SSSR count). The van der Waals surface area contributed by atoms with Crippen LogP contribution in [0.2, 0.25) is 0 Å². The van der Waals surface area contributed by atoms with Gasteiger partial charge in [-0.15, -0.1) is 0 Å². The maximum absolute atomic E-state index is 5.11. The Balaban J connectivity index is 1.26. The molecule has 1 aliphatic heterocycles. The van der Waals surface area contributed by atoms with Crippen molar-refractivity contribution in [1.82, 2.24) is 14.5 Å². The predicted molar refractivity (Wildman–Crippen MR) is 181 cm³/mol. The van der Waals surface area contributed by atoms with E-state index >= 15 is 0 Å². The van der Waals surface area contributed by atoms with Crippen LogP contribution in [0.4, 0.5) is 5.69 Å². The van der Waals surface area contributed by atoms with Gasteiger partial charge in [-0.3, -0.25) is 0 Å². The van der Waals surface area contributed by atoms with Crippen LogP contribution >= 0.6 is 0 Å². The van der Waals surface area contributed by atoms with Crippen molar-refractivity contribution in [3.05, 3.63) is 157 Å². The SMILES string of the molecule is C1=CC2Nc3c(ccc4c5ccccc5n(-c5cccc(-c6nc(-c7ccccc7)cc(-c7ccccc7)n6)c5)c34)C2C=C1. The minimum Gasteiger partial charge on any atom is -0.376 e. The molecule has 0 amide bonds. The van der Waals surface area contributed by atoms with E-state index in [1.165, 1.54) is 33.1 Å². The van der Waals surface area contributed by atoms with Gasteiger partial charge in [0.25, 0.3) is 0 Å². The van der Waals surface area contributed by atoms with Gasteiger partial charge in [-0.05, 0) is 29.8 Å². The molecule has 2 aromatic heterocycles. The number of hydrogen-bond acceptors (Lipinski definition) is 3. The van der Waals surface area contributed by atoms with Crippen molar-refractivity contribution in [3.63, 3.8) is 0 Å². The lowest BCUT2D eigenvalue weighted by molar-refractivity contribution is 0.805. The molecule has 4 nitrogen and oxygen atoms in total. The van der Waals surface area contributed by atoms with Crippen LogP contribution < -0.4 is 5.32 Å². The molecule has 44 heavy (non-hydrogen) atoms. The molecular formula is C40H28N4. The van der Waals surface area contributed by atoms with E-state index in [4.69, 9.17) is 9.97 Å². The highest BCUT2D eigenvalue weighted by molar-refractivity contribution is 6.14. The summed E-state index contributed by atoms with van der Waals surface area (Å²) in [4.78, 5) is 10.2. The fourth-order valence-electron chi connectivity index (χ4n) is 6.85. The minimum absolute atomic E-state index is 0.268. The zero-order valence-corrected chi connectivity index (χ0v) is 23.9. The van der Waals surface area contributed by atoms with Crippen LogP contribution in [-0.4, -0.2) is 20.6 Å². The van der Waals surface area contributed by atoms with E-state index in [0.717, 1.165) is 33.8 Å². The first-order valence-corrected chi connectivity index (χ1v) is 15.1. The number of hydrogen-bond donors (Lipinski definition) is 1. The van der Waals surface area contributed by atoms with Crippen molar-refractivity contribution in [2.24, 2.45) is 0 Å². The summed E-state index contributed by atoms with van der Waals surface area (Å²) in [5.74, 6) is 1.04. The monoisotopic (exact) mass is 564 g/mol. The number of rotatable bonds is 4. The molecule has 5 aromatic carbocycles. The molecule has 3 heterocycles. The Morgan fingerprint density at radius 1 is 0.568 bits per heavy atom. The summed E-state index contributed by atoms with van der Waals surface area (Å²) in [6.07, 6.45) is 8.88. The molecule has 208 valence electrons. The van der Waals surface area contributed by atoms with Gasteiger partial charge in [-0.1, -0.05) is 127 Å². The number of allylic oxidation sites excluding steroid dienone is 2. The van der Waals surface area contributed by atoms with Crippen LogP contribution in [0.5, 0.6) is 0 Å². The predicted octanol–water partition coefficient (Wildman–Crippen LogP) is 9.58. The third-order valence-electron chi connectivity index (χ3n) is 8.90. The number of fused-ring (bicyclic) bond motifs is 7. The normalized spacial score (nSPS) is 16.6. The Morgan fingerprint density at radius 3 is 2.02 bits per heavy atom. The van der Waals surface area contributed by atoms with Crippen molar-refractivity contribution in [1.29, 1.82) is 0 Å². The summed E-state index contributed by atoms with van der Waals surface area (Å²) in [6.45, 7) is 0. The number of nitrogens with zero attached hydrogens (tertiary/aromatic N) is 3. The second kappa shape index (κ2) is 9.92. The number of benzene rings is 5. The summed E-state index contributed by atoms with van der Waals surface area (Å²) in [5.41, 5.74) is 10.9. The highest BCUT2D eigenvalue weighted by Crippen LogP contribution is 2.46. The topological polar surface area (TPSA) is 42.7 Å². The summed E-state index contributed by atoms with van der Waals surface area (Å²) in [7, 11) is 0. The van der Waals surface area contributed by atoms with Crippen molar-refractivity contribution in [2.75, 3.05) is 5.32 Å². The molecule has 0 spiro atoms. The van der Waals surface area contributed by atoms with Gasteiger partial charge in [0.2, 0.25) is 0 Å². The molecule has 1 aliphatic carbocycles. The number of anilines is 1. The Kier molecular flexibility index (Phi) is 5.60. The number of para-hydroxylation sites is 1. The van der Waals surface area contributed by atoms with E-state index in [2.05, 4.69) is 149 Å². The van der Waals surface area contributed by atoms with Gasteiger partial charge in [0.15, 0.2) is 5.82 Å². The standard InChI is InChI=1S/C40H28N4/c1-3-12-26(13-4-1)35-25-36(27-14-5-2-6-15-27)43-40(42-35)28-16-11-17-29(24-28)44-37-21-10-8-19-31(37)33-23-22-32-30-18-7-9-20-34(30)41-38(32)39(33)44/h1-25,30,34,41H. The third-order valence-corrected chi connectivity index (χ3v) is 8.90. The molecular weight excluding hydrogens is 536 g/mol. The van der Waals surface area contributed by atoms with Crippen molar-refractivity contribution >= 4 is 27.5 Å². The molecule has 0 radical (unpaired) electrons. The molecule has 0 fully saturated rings. The molecule has 7 aromatic rings. The van der Waals surface area contributed by atoms with Crippen molar-refractivity contribution in [3.8, 4) is 39.6 Å². The maximum atomic E-state index is 5.11. The second-order valence-corrected chi connectivity index (χ2v) is 11.5.